The molecular weight excluding hydrogens is 236 g/mol. The molecular formula is C16H34N2O. The summed E-state index contributed by atoms with van der Waals surface area (Å²) >= 11 is 0. The normalized spacial score (nSPS) is 28.3. The van der Waals surface area contributed by atoms with E-state index in [1.54, 1.807) is 7.11 Å². The highest BCUT2D eigenvalue weighted by Crippen LogP contribution is 2.34. The van der Waals surface area contributed by atoms with Crippen molar-refractivity contribution >= 4 is 0 Å². The Morgan fingerprint density at radius 1 is 1.32 bits per heavy atom. The van der Waals surface area contributed by atoms with E-state index in [0.29, 0.717) is 6.04 Å². The lowest BCUT2D eigenvalue weighted by Crippen LogP contribution is -2.44. The molecule has 1 rings (SSSR count). The Morgan fingerprint density at radius 2 is 2.05 bits per heavy atom. The highest BCUT2D eigenvalue weighted by Gasteiger charge is 2.31. The van der Waals surface area contributed by atoms with Gasteiger partial charge in [-0.05, 0) is 57.5 Å². The maximum Gasteiger partial charge on any atom is 0.0474 e. The van der Waals surface area contributed by atoms with Crippen LogP contribution in [0, 0.1) is 17.8 Å². The molecule has 1 aliphatic carbocycles. The smallest absolute Gasteiger partial charge is 0.0474 e. The van der Waals surface area contributed by atoms with Crippen molar-refractivity contribution in [3.8, 4) is 0 Å². The molecule has 0 aromatic heterocycles. The second kappa shape index (κ2) is 8.93. The van der Waals surface area contributed by atoms with Gasteiger partial charge in [0, 0.05) is 32.8 Å². The van der Waals surface area contributed by atoms with Crippen LogP contribution in [-0.4, -0.2) is 51.8 Å². The molecule has 3 atom stereocenters. The zero-order valence-corrected chi connectivity index (χ0v) is 13.6. The highest BCUT2D eigenvalue weighted by molar-refractivity contribution is 4.86. The molecule has 3 unspecified atom stereocenters. The van der Waals surface area contributed by atoms with Crippen LogP contribution in [0.25, 0.3) is 0 Å². The first-order chi connectivity index (χ1) is 9.08. The molecule has 3 nitrogen and oxygen atoms in total. The van der Waals surface area contributed by atoms with Crippen LogP contribution in [0.15, 0.2) is 0 Å². The number of nitrogens with one attached hydrogen (secondary N) is 1. The Labute approximate surface area is 120 Å². The summed E-state index contributed by atoms with van der Waals surface area (Å²) in [5.41, 5.74) is 0. The van der Waals surface area contributed by atoms with Gasteiger partial charge in [-0.25, -0.2) is 0 Å². The summed E-state index contributed by atoms with van der Waals surface area (Å²) in [7, 11) is 6.16. The van der Waals surface area contributed by atoms with Gasteiger partial charge in [0.2, 0.25) is 0 Å². The second-order valence-corrected chi connectivity index (χ2v) is 6.58. The van der Waals surface area contributed by atoms with Crippen molar-refractivity contribution < 1.29 is 4.74 Å². The first-order valence-electron chi connectivity index (χ1n) is 7.93. The third-order valence-electron chi connectivity index (χ3n) is 4.77. The van der Waals surface area contributed by atoms with E-state index < -0.39 is 0 Å². The summed E-state index contributed by atoms with van der Waals surface area (Å²) < 4.78 is 5.13. The van der Waals surface area contributed by atoms with E-state index in [2.05, 4.69) is 38.2 Å². The second-order valence-electron chi connectivity index (χ2n) is 6.58. The fourth-order valence-electron chi connectivity index (χ4n) is 3.46. The zero-order valence-electron chi connectivity index (χ0n) is 13.6. The average Bonchev–Trinajstić information content (AvgIpc) is 2.38. The molecule has 19 heavy (non-hydrogen) atoms. The van der Waals surface area contributed by atoms with Crippen LogP contribution in [0.1, 0.15) is 39.5 Å². The highest BCUT2D eigenvalue weighted by atomic mass is 16.5. The maximum absolute atomic E-state index is 5.13. The van der Waals surface area contributed by atoms with Crippen molar-refractivity contribution in [1.82, 2.24) is 10.2 Å². The lowest BCUT2D eigenvalue weighted by Gasteiger charge is -2.39. The third kappa shape index (κ3) is 5.80. The SMILES string of the molecule is CNC1CCC(C(C)C)CC1CN(C)CCCOC. The predicted molar refractivity (Wildman–Crippen MR) is 82.5 cm³/mol. The molecule has 1 fully saturated rings. The van der Waals surface area contributed by atoms with E-state index in [9.17, 15) is 0 Å². The number of hydrogen-bond donors (Lipinski definition) is 1. The number of nitrogens with zero attached hydrogens (tertiary/aromatic N) is 1. The van der Waals surface area contributed by atoms with Crippen LogP contribution < -0.4 is 5.32 Å². The Balaban J connectivity index is 2.41. The minimum atomic E-state index is 0.708. The molecule has 0 aromatic carbocycles. The number of methoxy groups -OCH3 is 1. The molecule has 0 radical (unpaired) electrons. The summed E-state index contributed by atoms with van der Waals surface area (Å²) in [5.74, 6) is 2.56. The Hall–Kier alpha value is -0.120. The molecule has 114 valence electrons. The summed E-state index contributed by atoms with van der Waals surface area (Å²) in [6.07, 6.45) is 5.26. The van der Waals surface area contributed by atoms with Gasteiger partial charge in [0.25, 0.3) is 0 Å². The van der Waals surface area contributed by atoms with Crippen LogP contribution >= 0.6 is 0 Å². The first kappa shape index (κ1) is 16.9. The van der Waals surface area contributed by atoms with E-state index in [1.807, 2.05) is 0 Å². The standard InChI is InChI=1S/C16H34N2O/c1-13(2)14-7-8-16(17-3)15(11-14)12-18(4)9-6-10-19-5/h13-17H,6-12H2,1-5H3. The maximum atomic E-state index is 5.13. The lowest BCUT2D eigenvalue weighted by molar-refractivity contribution is 0.127. The molecule has 0 aliphatic heterocycles. The molecule has 0 amide bonds. The Bertz CT molecular complexity index is 233. The third-order valence-corrected chi connectivity index (χ3v) is 4.77. The largest absolute Gasteiger partial charge is 0.385 e. The van der Waals surface area contributed by atoms with E-state index in [-0.39, 0.29) is 0 Å². The van der Waals surface area contributed by atoms with Crippen molar-refractivity contribution in [2.24, 2.45) is 17.8 Å². The predicted octanol–water partition coefficient (Wildman–Crippen LogP) is 2.62. The van der Waals surface area contributed by atoms with Crippen LogP contribution in [0.4, 0.5) is 0 Å². The summed E-state index contributed by atoms with van der Waals surface area (Å²) in [6, 6.07) is 0.708. The molecule has 1 N–H and O–H groups in total. The molecule has 3 heteroatoms. The fourth-order valence-corrected chi connectivity index (χ4v) is 3.46. The summed E-state index contributed by atoms with van der Waals surface area (Å²) in [4.78, 5) is 2.48. The van der Waals surface area contributed by atoms with Gasteiger partial charge >= 0.3 is 0 Å². The average molecular weight is 270 g/mol. The number of ether oxygens (including phenoxy) is 1. The van der Waals surface area contributed by atoms with Gasteiger partial charge in [-0.3, -0.25) is 0 Å². The van der Waals surface area contributed by atoms with Crippen LogP contribution in [-0.2, 0) is 4.74 Å². The molecule has 1 aliphatic rings. The zero-order chi connectivity index (χ0) is 14.3. The lowest BCUT2D eigenvalue weighted by atomic mass is 9.73. The van der Waals surface area contributed by atoms with Crippen LogP contribution in [0.3, 0.4) is 0 Å². The Kier molecular flexibility index (Phi) is 7.96. The first-order valence-corrected chi connectivity index (χ1v) is 7.93. The van der Waals surface area contributed by atoms with Gasteiger partial charge in [-0.15, -0.1) is 0 Å². The van der Waals surface area contributed by atoms with Gasteiger partial charge < -0.3 is 15.0 Å². The van der Waals surface area contributed by atoms with Crippen molar-refractivity contribution in [3.63, 3.8) is 0 Å². The summed E-state index contributed by atoms with van der Waals surface area (Å²) in [5, 5.41) is 3.53. The van der Waals surface area contributed by atoms with Crippen LogP contribution in [0.2, 0.25) is 0 Å². The van der Waals surface area contributed by atoms with E-state index >= 15 is 0 Å². The monoisotopic (exact) mass is 270 g/mol. The minimum absolute atomic E-state index is 0.708. The molecule has 1 saturated carbocycles. The van der Waals surface area contributed by atoms with E-state index in [1.165, 1.54) is 25.8 Å². The molecule has 0 heterocycles. The summed E-state index contributed by atoms with van der Waals surface area (Å²) in [6.45, 7) is 8.00. The van der Waals surface area contributed by atoms with Crippen LogP contribution in [0.5, 0.6) is 0 Å². The topological polar surface area (TPSA) is 24.5 Å². The molecule has 0 spiro atoms. The number of hydrogen-bond acceptors (Lipinski definition) is 3. The van der Waals surface area contributed by atoms with Gasteiger partial charge in [0.15, 0.2) is 0 Å². The van der Waals surface area contributed by atoms with Gasteiger partial charge in [0.05, 0.1) is 0 Å². The molecule has 0 bridgehead atoms. The Morgan fingerprint density at radius 3 is 2.63 bits per heavy atom. The molecule has 0 saturated heterocycles. The quantitative estimate of drug-likeness (QED) is 0.686. The number of rotatable bonds is 8. The minimum Gasteiger partial charge on any atom is -0.385 e. The van der Waals surface area contributed by atoms with E-state index in [0.717, 1.165) is 37.3 Å². The van der Waals surface area contributed by atoms with Crippen molar-refractivity contribution in [1.29, 1.82) is 0 Å². The van der Waals surface area contributed by atoms with Crippen molar-refractivity contribution in [2.45, 2.75) is 45.6 Å². The van der Waals surface area contributed by atoms with Gasteiger partial charge in [-0.1, -0.05) is 13.8 Å². The van der Waals surface area contributed by atoms with Crippen molar-refractivity contribution in [2.75, 3.05) is 40.9 Å². The molecule has 0 aromatic rings. The van der Waals surface area contributed by atoms with E-state index in [4.69, 9.17) is 4.74 Å². The van der Waals surface area contributed by atoms with Gasteiger partial charge in [-0.2, -0.15) is 0 Å². The van der Waals surface area contributed by atoms with Crippen molar-refractivity contribution in [3.05, 3.63) is 0 Å². The fraction of sp³-hybridized carbons (Fsp3) is 1.00. The van der Waals surface area contributed by atoms with Gasteiger partial charge in [0.1, 0.15) is 0 Å².